The van der Waals surface area contributed by atoms with Crippen LogP contribution in [0.1, 0.15) is 26.2 Å². The summed E-state index contributed by atoms with van der Waals surface area (Å²) in [5.74, 6) is -0.0137. The Morgan fingerprint density at radius 3 is 2.32 bits per heavy atom. The van der Waals surface area contributed by atoms with E-state index in [1.807, 2.05) is 6.92 Å². The number of nitrogens with zero attached hydrogens (tertiary/aromatic N) is 1. The molecule has 1 aliphatic heterocycles. The molecule has 0 saturated carbocycles. The van der Waals surface area contributed by atoms with Crippen molar-refractivity contribution >= 4 is 34.8 Å². The number of carbonyl (C=O) groups excluding carboxylic acids is 1. The molecule has 5 heteroatoms. The van der Waals surface area contributed by atoms with Gasteiger partial charge in [0.15, 0.2) is 0 Å². The highest BCUT2D eigenvalue weighted by molar-refractivity contribution is 6.35. The lowest BCUT2D eigenvalue weighted by Gasteiger charge is -2.31. The number of nitrogens with one attached hydrogen (secondary N) is 1. The maximum Gasteiger partial charge on any atom is 0.241 e. The third kappa shape index (κ3) is 4.10. The number of rotatable bonds is 3. The fraction of sp³-hybridized carbons (Fsp3) is 0.500. The largest absolute Gasteiger partial charge is 0.325 e. The lowest BCUT2D eigenvalue weighted by atomic mass is 10.1. The van der Waals surface area contributed by atoms with E-state index in [9.17, 15) is 4.79 Å². The van der Waals surface area contributed by atoms with Crippen molar-refractivity contribution in [2.45, 2.75) is 32.2 Å². The number of halogens is 2. The van der Waals surface area contributed by atoms with Crippen molar-refractivity contribution in [3.63, 3.8) is 0 Å². The Morgan fingerprint density at radius 2 is 1.74 bits per heavy atom. The number of hydrogen-bond acceptors (Lipinski definition) is 2. The topological polar surface area (TPSA) is 32.3 Å². The lowest BCUT2D eigenvalue weighted by molar-refractivity contribution is -0.121. The maximum absolute atomic E-state index is 12.2. The molecular weight excluding hydrogens is 283 g/mol. The first-order valence-corrected chi connectivity index (χ1v) is 7.33. The highest BCUT2D eigenvalue weighted by Crippen LogP contribution is 2.23. The van der Waals surface area contributed by atoms with E-state index in [4.69, 9.17) is 23.2 Å². The van der Waals surface area contributed by atoms with Gasteiger partial charge in [0, 0.05) is 15.7 Å². The van der Waals surface area contributed by atoms with Gasteiger partial charge < -0.3 is 5.32 Å². The number of amides is 1. The smallest absolute Gasteiger partial charge is 0.241 e. The highest BCUT2D eigenvalue weighted by atomic mass is 35.5. The molecule has 1 aromatic carbocycles. The Bertz CT molecular complexity index is 439. The number of hydrogen-bond donors (Lipinski definition) is 1. The number of carbonyl (C=O) groups is 1. The Morgan fingerprint density at radius 1 is 1.16 bits per heavy atom. The quantitative estimate of drug-likeness (QED) is 0.921. The molecule has 0 aromatic heterocycles. The molecule has 1 amide bonds. The Balaban J connectivity index is 1.99. The summed E-state index contributed by atoms with van der Waals surface area (Å²) < 4.78 is 0. The second-order valence-corrected chi connectivity index (χ2v) is 5.79. The second kappa shape index (κ2) is 6.60. The van der Waals surface area contributed by atoms with Crippen molar-refractivity contribution in [3.05, 3.63) is 28.2 Å². The van der Waals surface area contributed by atoms with Crippen LogP contribution in [-0.4, -0.2) is 29.9 Å². The van der Waals surface area contributed by atoms with E-state index < -0.39 is 0 Å². The first-order valence-electron chi connectivity index (χ1n) is 6.57. The molecule has 1 saturated heterocycles. The van der Waals surface area contributed by atoms with Crippen LogP contribution in [0.15, 0.2) is 18.2 Å². The summed E-state index contributed by atoms with van der Waals surface area (Å²) in [5.41, 5.74) is 0.645. The molecule has 1 atom stereocenters. The number of piperidine rings is 1. The molecule has 0 unspecified atom stereocenters. The Kier molecular flexibility index (Phi) is 5.08. The summed E-state index contributed by atoms with van der Waals surface area (Å²) in [6.45, 7) is 3.92. The van der Waals surface area contributed by atoms with Crippen LogP contribution >= 0.6 is 23.2 Å². The molecule has 2 rings (SSSR count). The molecule has 1 aliphatic rings. The van der Waals surface area contributed by atoms with Gasteiger partial charge in [-0.3, -0.25) is 9.69 Å². The molecule has 1 heterocycles. The van der Waals surface area contributed by atoms with Gasteiger partial charge in [-0.05, 0) is 51.1 Å². The van der Waals surface area contributed by atoms with E-state index >= 15 is 0 Å². The highest BCUT2D eigenvalue weighted by Gasteiger charge is 2.22. The predicted molar refractivity (Wildman–Crippen MR) is 80.0 cm³/mol. The molecule has 1 fully saturated rings. The summed E-state index contributed by atoms with van der Waals surface area (Å²) in [4.78, 5) is 14.4. The number of benzene rings is 1. The van der Waals surface area contributed by atoms with Gasteiger partial charge in [-0.15, -0.1) is 0 Å². The van der Waals surface area contributed by atoms with Crippen molar-refractivity contribution in [3.8, 4) is 0 Å². The fourth-order valence-electron chi connectivity index (χ4n) is 2.34. The standard InChI is InChI=1S/C14H18Cl2N2O/c1-10(18-5-3-2-4-6-18)14(19)17-13-8-11(15)7-12(16)9-13/h7-10H,2-6H2,1H3,(H,17,19)/t10-/m0/s1. The minimum absolute atomic E-state index is 0.0137. The van der Waals surface area contributed by atoms with E-state index in [1.54, 1.807) is 18.2 Å². The zero-order valence-corrected chi connectivity index (χ0v) is 12.5. The molecule has 19 heavy (non-hydrogen) atoms. The van der Waals surface area contributed by atoms with E-state index in [0.29, 0.717) is 15.7 Å². The molecule has 0 bridgehead atoms. The second-order valence-electron chi connectivity index (χ2n) is 4.92. The molecule has 1 aromatic rings. The SMILES string of the molecule is C[C@@H](C(=O)Nc1cc(Cl)cc(Cl)c1)N1CCCCC1. The van der Waals surface area contributed by atoms with Gasteiger partial charge >= 0.3 is 0 Å². The molecule has 0 aliphatic carbocycles. The lowest BCUT2D eigenvalue weighted by Crippen LogP contribution is -2.44. The van der Waals surface area contributed by atoms with Gasteiger partial charge in [-0.1, -0.05) is 29.6 Å². The normalized spacial score (nSPS) is 18.1. The van der Waals surface area contributed by atoms with E-state index in [2.05, 4.69) is 10.2 Å². The molecule has 104 valence electrons. The van der Waals surface area contributed by atoms with Crippen LogP contribution in [0.2, 0.25) is 10.0 Å². The van der Waals surface area contributed by atoms with Crippen LogP contribution < -0.4 is 5.32 Å². The zero-order chi connectivity index (χ0) is 13.8. The van der Waals surface area contributed by atoms with Crippen LogP contribution in [0.25, 0.3) is 0 Å². The fourth-order valence-corrected chi connectivity index (χ4v) is 2.87. The summed E-state index contributed by atoms with van der Waals surface area (Å²) in [6.07, 6.45) is 3.59. The Hall–Kier alpha value is -0.770. The number of likely N-dealkylation sites (tertiary alicyclic amines) is 1. The predicted octanol–water partition coefficient (Wildman–Crippen LogP) is 3.81. The molecule has 3 nitrogen and oxygen atoms in total. The summed E-state index contributed by atoms with van der Waals surface area (Å²) >= 11 is 11.8. The van der Waals surface area contributed by atoms with E-state index in [0.717, 1.165) is 13.1 Å². The average molecular weight is 301 g/mol. The van der Waals surface area contributed by atoms with Gasteiger partial charge in [0.1, 0.15) is 0 Å². The monoisotopic (exact) mass is 300 g/mol. The zero-order valence-electron chi connectivity index (χ0n) is 11.0. The Labute approximate surface area is 123 Å². The van der Waals surface area contributed by atoms with Crippen molar-refractivity contribution in [1.82, 2.24) is 4.90 Å². The van der Waals surface area contributed by atoms with Crippen molar-refractivity contribution in [2.24, 2.45) is 0 Å². The minimum atomic E-state index is -0.127. The molecule has 0 radical (unpaired) electrons. The van der Waals surface area contributed by atoms with Gasteiger partial charge in [-0.2, -0.15) is 0 Å². The van der Waals surface area contributed by atoms with Gasteiger partial charge in [0.2, 0.25) is 5.91 Å². The van der Waals surface area contributed by atoms with E-state index in [-0.39, 0.29) is 11.9 Å². The van der Waals surface area contributed by atoms with Crippen LogP contribution in [0, 0.1) is 0 Å². The summed E-state index contributed by atoms with van der Waals surface area (Å²) in [5, 5.41) is 3.91. The third-order valence-electron chi connectivity index (χ3n) is 3.45. The minimum Gasteiger partial charge on any atom is -0.325 e. The van der Waals surface area contributed by atoms with Crippen LogP contribution in [0.3, 0.4) is 0 Å². The van der Waals surface area contributed by atoms with Crippen molar-refractivity contribution in [2.75, 3.05) is 18.4 Å². The average Bonchev–Trinajstić information content (AvgIpc) is 2.37. The third-order valence-corrected chi connectivity index (χ3v) is 3.88. The van der Waals surface area contributed by atoms with E-state index in [1.165, 1.54) is 19.3 Å². The van der Waals surface area contributed by atoms with Gasteiger partial charge in [-0.25, -0.2) is 0 Å². The molecule has 1 N–H and O–H groups in total. The molecule has 0 spiro atoms. The molecular formula is C14H18Cl2N2O. The van der Waals surface area contributed by atoms with Crippen LogP contribution in [0.4, 0.5) is 5.69 Å². The van der Waals surface area contributed by atoms with Crippen LogP contribution in [0.5, 0.6) is 0 Å². The number of anilines is 1. The van der Waals surface area contributed by atoms with Crippen molar-refractivity contribution in [1.29, 1.82) is 0 Å². The maximum atomic E-state index is 12.2. The van der Waals surface area contributed by atoms with Crippen molar-refractivity contribution < 1.29 is 4.79 Å². The van der Waals surface area contributed by atoms with Gasteiger partial charge in [0.05, 0.1) is 6.04 Å². The summed E-state index contributed by atoms with van der Waals surface area (Å²) in [6, 6.07) is 4.92. The first-order chi connectivity index (χ1) is 9.06. The first kappa shape index (κ1) is 14.6. The van der Waals surface area contributed by atoms with Gasteiger partial charge in [0.25, 0.3) is 0 Å². The van der Waals surface area contributed by atoms with Crippen LogP contribution in [-0.2, 0) is 4.79 Å². The summed E-state index contributed by atoms with van der Waals surface area (Å²) in [7, 11) is 0.